The number of nitrogens with one attached hydrogen (secondary N) is 1. The molecule has 0 amide bonds. The molecule has 0 radical (unpaired) electrons. The Morgan fingerprint density at radius 1 is 1.44 bits per heavy atom. The van der Waals surface area contributed by atoms with Crippen LogP contribution in [0, 0.1) is 0 Å². The van der Waals surface area contributed by atoms with Gasteiger partial charge in [0.1, 0.15) is 9.88 Å². The number of anilines is 1. The fourth-order valence-corrected chi connectivity index (χ4v) is 2.96. The molecule has 1 heterocycles. The van der Waals surface area contributed by atoms with Gasteiger partial charge >= 0.3 is 5.97 Å². The summed E-state index contributed by atoms with van der Waals surface area (Å²) in [6, 6.07) is 0. The van der Waals surface area contributed by atoms with Crippen molar-refractivity contribution in [1.82, 2.24) is 0 Å². The highest BCUT2D eigenvalue weighted by atomic mass is 32.1. The highest BCUT2D eigenvalue weighted by Crippen LogP contribution is 2.34. The second-order valence-corrected chi connectivity index (χ2v) is 4.61. The lowest BCUT2D eigenvalue weighted by Gasteiger charge is -2.03. The normalized spacial score (nSPS) is 9.94. The van der Waals surface area contributed by atoms with Gasteiger partial charge in [-0.05, 0) is 32.0 Å². The van der Waals surface area contributed by atoms with Crippen molar-refractivity contribution in [3.8, 4) is 0 Å². The third-order valence-electron chi connectivity index (χ3n) is 2.41. The predicted molar refractivity (Wildman–Crippen MR) is 73.5 cm³/mol. The van der Waals surface area contributed by atoms with Gasteiger partial charge in [-0.25, -0.2) is 4.79 Å². The molecule has 0 saturated heterocycles. The number of esters is 1. The van der Waals surface area contributed by atoms with E-state index in [2.05, 4.69) is 11.9 Å². The first kappa shape index (κ1) is 14.4. The van der Waals surface area contributed by atoms with Gasteiger partial charge in [0.2, 0.25) is 0 Å². The third-order valence-corrected chi connectivity index (χ3v) is 3.55. The average molecular weight is 267 g/mol. The number of ether oxygens (including phenoxy) is 1. The molecule has 98 valence electrons. The maximum Gasteiger partial charge on any atom is 0.348 e. The number of carbonyl (C=O) groups is 2. The van der Waals surface area contributed by atoms with E-state index in [9.17, 15) is 9.59 Å². The molecule has 1 rings (SSSR count). The molecule has 1 aromatic heterocycles. The summed E-state index contributed by atoms with van der Waals surface area (Å²) in [7, 11) is 0. The van der Waals surface area contributed by atoms with Crippen LogP contribution in [0.25, 0.3) is 0 Å². The zero-order valence-corrected chi connectivity index (χ0v) is 11.6. The molecule has 5 heteroatoms. The SMILES string of the molecule is C=CNc1sc(C(=O)OCC)c(CC)c1C(C)=O. The standard InChI is InChI=1S/C13H17NO3S/c1-5-9-10(8(4)15)12(14-6-2)18-11(9)13(16)17-7-3/h6,14H,2,5,7H2,1,3-4H3. The Hall–Kier alpha value is -1.62. The molecular weight excluding hydrogens is 250 g/mol. The number of ketones is 1. The molecule has 18 heavy (non-hydrogen) atoms. The number of hydrogen-bond acceptors (Lipinski definition) is 5. The van der Waals surface area contributed by atoms with E-state index in [1.165, 1.54) is 24.5 Å². The molecule has 1 N–H and O–H groups in total. The van der Waals surface area contributed by atoms with Crippen LogP contribution in [0.5, 0.6) is 0 Å². The van der Waals surface area contributed by atoms with Crippen LogP contribution in [0.2, 0.25) is 0 Å². The second kappa shape index (κ2) is 6.35. The first-order valence-electron chi connectivity index (χ1n) is 5.77. The maximum absolute atomic E-state index is 11.8. The molecule has 0 saturated carbocycles. The summed E-state index contributed by atoms with van der Waals surface area (Å²) in [5.74, 6) is -0.443. The highest BCUT2D eigenvalue weighted by Gasteiger charge is 2.24. The van der Waals surface area contributed by atoms with E-state index in [1.807, 2.05) is 6.92 Å². The van der Waals surface area contributed by atoms with Gasteiger partial charge in [0.15, 0.2) is 5.78 Å². The Labute approximate surface area is 111 Å². The minimum atomic E-state index is -0.376. The Balaban J connectivity index is 3.34. The van der Waals surface area contributed by atoms with Crippen molar-refractivity contribution in [2.24, 2.45) is 0 Å². The Kier molecular flexibility index (Phi) is 5.09. The number of hydrogen-bond donors (Lipinski definition) is 1. The summed E-state index contributed by atoms with van der Waals surface area (Å²) in [6.45, 7) is 9.05. The summed E-state index contributed by atoms with van der Waals surface area (Å²) in [5, 5.41) is 3.55. The lowest BCUT2D eigenvalue weighted by molar-refractivity contribution is 0.0531. The summed E-state index contributed by atoms with van der Waals surface area (Å²) < 4.78 is 5.00. The second-order valence-electron chi connectivity index (χ2n) is 3.59. The average Bonchev–Trinajstić information content (AvgIpc) is 2.68. The molecule has 0 bridgehead atoms. The molecule has 1 aromatic rings. The topological polar surface area (TPSA) is 55.4 Å². The van der Waals surface area contributed by atoms with Crippen LogP contribution in [-0.4, -0.2) is 18.4 Å². The molecule has 0 aliphatic heterocycles. The van der Waals surface area contributed by atoms with Crippen LogP contribution in [0.4, 0.5) is 5.00 Å². The summed E-state index contributed by atoms with van der Waals surface area (Å²) in [6.07, 6.45) is 2.10. The van der Waals surface area contributed by atoms with E-state index in [0.717, 1.165) is 5.56 Å². The van der Waals surface area contributed by atoms with Gasteiger partial charge in [-0.3, -0.25) is 4.79 Å². The van der Waals surface area contributed by atoms with Gasteiger partial charge in [0.25, 0.3) is 0 Å². The predicted octanol–water partition coefficient (Wildman–Crippen LogP) is 3.25. The van der Waals surface area contributed by atoms with E-state index < -0.39 is 0 Å². The van der Waals surface area contributed by atoms with E-state index in [1.54, 1.807) is 6.92 Å². The Morgan fingerprint density at radius 3 is 2.56 bits per heavy atom. The van der Waals surface area contributed by atoms with Crippen molar-refractivity contribution < 1.29 is 14.3 Å². The van der Waals surface area contributed by atoms with Gasteiger partial charge in [0, 0.05) is 0 Å². The monoisotopic (exact) mass is 267 g/mol. The molecule has 0 aliphatic rings. The van der Waals surface area contributed by atoms with E-state index in [0.29, 0.717) is 28.5 Å². The fourth-order valence-electron chi connectivity index (χ4n) is 1.73. The molecule has 0 atom stereocenters. The van der Waals surface area contributed by atoms with Crippen molar-refractivity contribution in [3.05, 3.63) is 28.8 Å². The first-order valence-corrected chi connectivity index (χ1v) is 6.59. The minimum absolute atomic E-state index is 0.0667. The van der Waals surface area contributed by atoms with E-state index >= 15 is 0 Å². The molecular formula is C13H17NO3S. The van der Waals surface area contributed by atoms with Crippen LogP contribution in [-0.2, 0) is 11.2 Å². The first-order chi connectivity index (χ1) is 8.56. The minimum Gasteiger partial charge on any atom is -0.462 e. The van der Waals surface area contributed by atoms with Crippen LogP contribution < -0.4 is 5.32 Å². The highest BCUT2D eigenvalue weighted by molar-refractivity contribution is 7.18. The molecule has 0 aromatic carbocycles. The summed E-state index contributed by atoms with van der Waals surface area (Å²) >= 11 is 1.23. The van der Waals surface area contributed by atoms with Crippen LogP contribution in [0.1, 0.15) is 46.4 Å². The van der Waals surface area contributed by atoms with Gasteiger partial charge in [-0.2, -0.15) is 0 Å². The molecule has 0 spiro atoms. The lowest BCUT2D eigenvalue weighted by Crippen LogP contribution is -2.07. The van der Waals surface area contributed by atoms with Crippen LogP contribution >= 0.6 is 11.3 Å². The zero-order chi connectivity index (χ0) is 13.7. The quantitative estimate of drug-likeness (QED) is 0.635. The van der Waals surface area contributed by atoms with E-state index in [-0.39, 0.29) is 11.8 Å². The van der Waals surface area contributed by atoms with Crippen LogP contribution in [0.15, 0.2) is 12.8 Å². The van der Waals surface area contributed by atoms with Crippen LogP contribution in [0.3, 0.4) is 0 Å². The Morgan fingerprint density at radius 2 is 2.11 bits per heavy atom. The molecule has 0 aliphatic carbocycles. The lowest BCUT2D eigenvalue weighted by atomic mass is 10.0. The summed E-state index contributed by atoms with van der Waals surface area (Å²) in [5.41, 5.74) is 1.31. The van der Waals surface area contributed by atoms with Gasteiger partial charge in [-0.1, -0.05) is 13.5 Å². The number of Topliss-reactive ketones (excluding diaryl/α,β-unsaturated/α-hetero) is 1. The smallest absolute Gasteiger partial charge is 0.348 e. The van der Waals surface area contributed by atoms with Crippen molar-refractivity contribution >= 4 is 28.1 Å². The fraction of sp³-hybridized carbons (Fsp3) is 0.385. The maximum atomic E-state index is 11.8. The van der Waals surface area contributed by atoms with Gasteiger partial charge in [0.05, 0.1) is 12.2 Å². The zero-order valence-electron chi connectivity index (χ0n) is 10.8. The largest absolute Gasteiger partial charge is 0.462 e. The van der Waals surface area contributed by atoms with Gasteiger partial charge < -0.3 is 10.1 Å². The van der Waals surface area contributed by atoms with Crippen molar-refractivity contribution in [1.29, 1.82) is 0 Å². The van der Waals surface area contributed by atoms with Crippen molar-refractivity contribution in [2.45, 2.75) is 27.2 Å². The number of carbonyl (C=O) groups excluding carboxylic acids is 2. The van der Waals surface area contributed by atoms with Crippen molar-refractivity contribution in [2.75, 3.05) is 11.9 Å². The van der Waals surface area contributed by atoms with E-state index in [4.69, 9.17) is 4.74 Å². The number of thiophene rings is 1. The molecule has 0 fully saturated rings. The molecule has 0 unspecified atom stereocenters. The Bertz CT molecular complexity index is 477. The summed E-state index contributed by atoms with van der Waals surface area (Å²) in [4.78, 5) is 24.0. The molecule has 4 nitrogen and oxygen atoms in total. The third kappa shape index (κ3) is 2.79. The van der Waals surface area contributed by atoms with Gasteiger partial charge in [-0.15, -0.1) is 11.3 Å². The number of rotatable bonds is 6. The van der Waals surface area contributed by atoms with Crippen molar-refractivity contribution in [3.63, 3.8) is 0 Å².